The fourth-order valence-corrected chi connectivity index (χ4v) is 6.73. The van der Waals surface area contributed by atoms with E-state index in [0.717, 1.165) is 28.7 Å². The molecule has 2 atom stereocenters. The van der Waals surface area contributed by atoms with E-state index in [1.807, 2.05) is 36.4 Å². The maximum atomic E-state index is 13.3. The molecule has 2 unspecified atom stereocenters. The van der Waals surface area contributed by atoms with Crippen molar-refractivity contribution in [3.63, 3.8) is 0 Å². The van der Waals surface area contributed by atoms with Crippen LogP contribution < -0.4 is 5.73 Å². The SMILES string of the molecule is NC(=O)C12CCCC1(Sc1ccc3ccccc3c1)c1ccccc1C2=O. The number of hydrogen-bond donors (Lipinski definition) is 1. The van der Waals surface area contributed by atoms with E-state index in [1.165, 1.54) is 5.39 Å². The molecule has 2 N–H and O–H groups in total. The number of benzene rings is 3. The molecule has 0 heterocycles. The third-order valence-electron chi connectivity index (χ3n) is 6.20. The van der Waals surface area contributed by atoms with Gasteiger partial charge in [-0.1, -0.05) is 61.0 Å². The van der Waals surface area contributed by atoms with Gasteiger partial charge >= 0.3 is 0 Å². The molecule has 3 aromatic carbocycles. The van der Waals surface area contributed by atoms with E-state index < -0.39 is 16.1 Å². The number of amides is 1. The summed E-state index contributed by atoms with van der Waals surface area (Å²) in [5.41, 5.74) is 6.37. The van der Waals surface area contributed by atoms with Gasteiger partial charge in [0.15, 0.2) is 5.78 Å². The maximum Gasteiger partial charge on any atom is 0.233 e. The van der Waals surface area contributed by atoms with Gasteiger partial charge in [-0.3, -0.25) is 9.59 Å². The van der Waals surface area contributed by atoms with Crippen LogP contribution in [0.4, 0.5) is 0 Å². The Morgan fingerprint density at radius 2 is 1.67 bits per heavy atom. The highest BCUT2D eigenvalue weighted by atomic mass is 32.2. The Balaban J connectivity index is 1.71. The maximum absolute atomic E-state index is 13.3. The van der Waals surface area contributed by atoms with Crippen molar-refractivity contribution in [3.8, 4) is 0 Å². The largest absolute Gasteiger partial charge is 0.369 e. The lowest BCUT2D eigenvalue weighted by Crippen LogP contribution is -2.49. The summed E-state index contributed by atoms with van der Waals surface area (Å²) in [6.45, 7) is 0. The first-order valence-corrected chi connectivity index (χ1v) is 10.0. The molecule has 3 aromatic rings. The minimum atomic E-state index is -1.15. The second-order valence-corrected chi connectivity index (χ2v) is 8.81. The van der Waals surface area contributed by atoms with E-state index in [1.54, 1.807) is 11.8 Å². The van der Waals surface area contributed by atoms with Crippen molar-refractivity contribution in [2.75, 3.05) is 0 Å². The lowest BCUT2D eigenvalue weighted by molar-refractivity contribution is -0.125. The third kappa shape index (κ3) is 2.05. The van der Waals surface area contributed by atoms with Crippen LogP contribution in [0.25, 0.3) is 10.8 Å². The Hall–Kier alpha value is -2.59. The number of ketones is 1. The quantitative estimate of drug-likeness (QED) is 0.678. The summed E-state index contributed by atoms with van der Waals surface area (Å²) >= 11 is 1.64. The van der Waals surface area contributed by atoms with Crippen molar-refractivity contribution >= 4 is 34.2 Å². The lowest BCUT2D eigenvalue weighted by atomic mass is 9.76. The van der Waals surface area contributed by atoms with Crippen LogP contribution in [0.1, 0.15) is 35.2 Å². The summed E-state index contributed by atoms with van der Waals surface area (Å²) in [5, 5.41) is 2.33. The molecule has 0 radical (unpaired) electrons. The van der Waals surface area contributed by atoms with Gasteiger partial charge in [-0.05, 0) is 41.3 Å². The van der Waals surface area contributed by atoms with Crippen molar-refractivity contribution in [1.82, 2.24) is 0 Å². The molecular formula is C23H19NO2S. The summed E-state index contributed by atoms with van der Waals surface area (Å²) in [5.74, 6) is -0.592. The normalized spacial score (nSPS) is 26.1. The fourth-order valence-electron chi connectivity index (χ4n) is 5.00. The van der Waals surface area contributed by atoms with Crippen LogP contribution in [0.2, 0.25) is 0 Å². The Kier molecular flexibility index (Phi) is 3.50. The zero-order valence-corrected chi connectivity index (χ0v) is 15.6. The molecule has 27 heavy (non-hydrogen) atoms. The van der Waals surface area contributed by atoms with E-state index in [-0.39, 0.29) is 5.78 Å². The van der Waals surface area contributed by atoms with Gasteiger partial charge in [-0.25, -0.2) is 0 Å². The van der Waals surface area contributed by atoms with Gasteiger partial charge in [-0.2, -0.15) is 0 Å². The molecule has 134 valence electrons. The molecule has 2 aliphatic rings. The van der Waals surface area contributed by atoms with Crippen molar-refractivity contribution in [2.24, 2.45) is 11.1 Å². The van der Waals surface area contributed by atoms with Crippen molar-refractivity contribution < 1.29 is 9.59 Å². The van der Waals surface area contributed by atoms with Crippen molar-refractivity contribution in [1.29, 1.82) is 0 Å². The molecule has 0 aliphatic heterocycles. The van der Waals surface area contributed by atoms with Gasteiger partial charge in [0.05, 0.1) is 4.75 Å². The van der Waals surface area contributed by atoms with Gasteiger partial charge in [0.2, 0.25) is 5.91 Å². The van der Waals surface area contributed by atoms with Crippen LogP contribution in [-0.2, 0) is 9.54 Å². The minimum Gasteiger partial charge on any atom is -0.369 e. The molecule has 0 bridgehead atoms. The molecule has 5 rings (SSSR count). The first-order valence-electron chi connectivity index (χ1n) is 9.21. The highest BCUT2D eigenvalue weighted by Crippen LogP contribution is 2.67. The summed E-state index contributed by atoms with van der Waals surface area (Å²) in [6, 6.07) is 22.2. The number of Topliss-reactive ketones (excluding diaryl/α,β-unsaturated/α-hetero) is 1. The van der Waals surface area contributed by atoms with Crippen LogP contribution in [0.5, 0.6) is 0 Å². The van der Waals surface area contributed by atoms with Crippen molar-refractivity contribution in [2.45, 2.75) is 28.9 Å². The zero-order valence-electron chi connectivity index (χ0n) is 14.8. The summed E-state index contributed by atoms with van der Waals surface area (Å²) < 4.78 is -0.616. The average molecular weight is 373 g/mol. The number of primary amides is 1. The van der Waals surface area contributed by atoms with Gasteiger partial charge in [0.25, 0.3) is 0 Å². The van der Waals surface area contributed by atoms with Gasteiger partial charge in [0, 0.05) is 10.5 Å². The molecule has 1 fully saturated rings. The Morgan fingerprint density at radius 1 is 0.926 bits per heavy atom. The molecule has 0 spiro atoms. The minimum absolute atomic E-state index is 0.101. The molecule has 1 amide bonds. The number of nitrogens with two attached hydrogens (primary N) is 1. The van der Waals surface area contributed by atoms with E-state index in [9.17, 15) is 9.59 Å². The number of thioether (sulfide) groups is 1. The van der Waals surface area contributed by atoms with E-state index >= 15 is 0 Å². The number of carbonyl (C=O) groups excluding carboxylic acids is 2. The third-order valence-corrected chi connectivity index (χ3v) is 7.81. The smallest absolute Gasteiger partial charge is 0.233 e. The first kappa shape index (κ1) is 16.6. The van der Waals surface area contributed by atoms with Gasteiger partial charge in [-0.15, -0.1) is 11.8 Å². The number of rotatable bonds is 3. The molecule has 2 aliphatic carbocycles. The Bertz CT molecular complexity index is 1110. The molecule has 0 aromatic heterocycles. The lowest BCUT2D eigenvalue weighted by Gasteiger charge is -2.37. The highest BCUT2D eigenvalue weighted by molar-refractivity contribution is 8.00. The molecule has 4 heteroatoms. The average Bonchev–Trinajstić information content (AvgIpc) is 3.16. The number of carbonyl (C=O) groups is 2. The summed E-state index contributed by atoms with van der Waals surface area (Å²) in [7, 11) is 0. The van der Waals surface area contributed by atoms with Crippen LogP contribution >= 0.6 is 11.8 Å². The summed E-state index contributed by atoms with van der Waals surface area (Å²) in [4.78, 5) is 27.1. The Morgan fingerprint density at radius 3 is 2.48 bits per heavy atom. The monoisotopic (exact) mass is 373 g/mol. The molecule has 0 saturated heterocycles. The number of hydrogen-bond acceptors (Lipinski definition) is 3. The van der Waals surface area contributed by atoms with Crippen LogP contribution in [0, 0.1) is 5.41 Å². The van der Waals surface area contributed by atoms with E-state index in [0.29, 0.717) is 12.0 Å². The molecule has 3 nitrogen and oxygen atoms in total. The van der Waals surface area contributed by atoms with Crippen LogP contribution in [-0.4, -0.2) is 11.7 Å². The molecular weight excluding hydrogens is 354 g/mol. The Labute approximate surface area is 161 Å². The molecule has 1 saturated carbocycles. The van der Waals surface area contributed by atoms with E-state index in [4.69, 9.17) is 5.73 Å². The number of fused-ring (bicyclic) bond motifs is 4. The van der Waals surface area contributed by atoms with Crippen LogP contribution in [0.3, 0.4) is 0 Å². The standard InChI is InChI=1S/C23H19NO2S/c24-21(26)22-12-5-13-23(22,19-9-4-3-8-18(19)20(22)25)27-17-11-10-15-6-1-2-7-16(15)14-17/h1-4,6-11,14H,5,12-13H2,(H2,24,26). The van der Waals surface area contributed by atoms with Crippen LogP contribution in [0.15, 0.2) is 71.6 Å². The second-order valence-electron chi connectivity index (χ2n) is 7.44. The highest BCUT2D eigenvalue weighted by Gasteiger charge is 2.69. The van der Waals surface area contributed by atoms with Crippen molar-refractivity contribution in [3.05, 3.63) is 77.9 Å². The zero-order chi connectivity index (χ0) is 18.6. The topological polar surface area (TPSA) is 60.2 Å². The predicted molar refractivity (Wildman–Crippen MR) is 108 cm³/mol. The van der Waals surface area contributed by atoms with Gasteiger partial charge < -0.3 is 5.73 Å². The predicted octanol–water partition coefficient (Wildman–Crippen LogP) is 4.68. The summed E-state index contributed by atoms with van der Waals surface area (Å²) in [6.07, 6.45) is 2.12. The van der Waals surface area contributed by atoms with Gasteiger partial charge in [0.1, 0.15) is 5.41 Å². The first-order chi connectivity index (χ1) is 13.1. The second kappa shape index (κ2) is 5.70. The van der Waals surface area contributed by atoms with E-state index in [2.05, 4.69) is 30.3 Å². The fraction of sp³-hybridized carbons (Fsp3) is 0.217.